The van der Waals surface area contributed by atoms with Crippen LogP contribution in [0.1, 0.15) is 32.8 Å². The third kappa shape index (κ3) is 7.92. The Bertz CT molecular complexity index is 1080. The first-order valence-electron chi connectivity index (χ1n) is 11.1. The standard InChI is InChI=1S/C24H32ClN3O5S/c1-5-14-26-24(30)18(3)27(16-19-8-7-9-20(25)15-19)23(29)17-28(34(4,31)32)21-10-12-22(13-11-21)33-6-2/h7-13,15,18H,5-6,14,16-17H2,1-4H3,(H,26,30). The molecule has 0 heterocycles. The van der Waals surface area contributed by atoms with Crippen molar-refractivity contribution < 1.29 is 22.7 Å². The summed E-state index contributed by atoms with van der Waals surface area (Å²) in [5.74, 6) is -0.238. The van der Waals surface area contributed by atoms with Crippen molar-refractivity contribution in [3.63, 3.8) is 0 Å². The lowest BCUT2D eigenvalue weighted by Crippen LogP contribution is -2.51. The summed E-state index contributed by atoms with van der Waals surface area (Å²) >= 11 is 6.10. The number of ether oxygens (including phenoxy) is 1. The molecule has 1 atom stereocenters. The highest BCUT2D eigenvalue weighted by Crippen LogP contribution is 2.23. The van der Waals surface area contributed by atoms with E-state index >= 15 is 0 Å². The van der Waals surface area contributed by atoms with Crippen LogP contribution >= 0.6 is 11.6 Å². The molecule has 2 aromatic rings. The summed E-state index contributed by atoms with van der Waals surface area (Å²) in [5.41, 5.74) is 1.05. The minimum atomic E-state index is -3.79. The molecule has 0 aliphatic rings. The van der Waals surface area contributed by atoms with E-state index in [9.17, 15) is 18.0 Å². The Morgan fingerprint density at radius 3 is 2.35 bits per heavy atom. The molecule has 0 aromatic heterocycles. The SMILES string of the molecule is CCCNC(=O)C(C)N(Cc1cccc(Cl)c1)C(=O)CN(c1ccc(OCC)cc1)S(C)(=O)=O. The molecular formula is C24H32ClN3O5S. The zero-order valence-corrected chi connectivity index (χ0v) is 21.5. The summed E-state index contributed by atoms with van der Waals surface area (Å²) in [4.78, 5) is 27.5. The Kier molecular flexibility index (Phi) is 10.2. The molecule has 34 heavy (non-hydrogen) atoms. The van der Waals surface area contributed by atoms with Gasteiger partial charge in [0.2, 0.25) is 21.8 Å². The first-order valence-corrected chi connectivity index (χ1v) is 13.3. The third-order valence-corrected chi connectivity index (χ3v) is 6.45. The fourth-order valence-electron chi connectivity index (χ4n) is 3.30. The third-order valence-electron chi connectivity index (χ3n) is 5.07. The fraction of sp³-hybridized carbons (Fsp3) is 0.417. The Morgan fingerprint density at radius 1 is 1.12 bits per heavy atom. The van der Waals surface area contributed by atoms with Crippen LogP contribution in [0, 0.1) is 0 Å². The molecule has 1 unspecified atom stereocenters. The van der Waals surface area contributed by atoms with Gasteiger partial charge in [-0.2, -0.15) is 0 Å². The fourth-order valence-corrected chi connectivity index (χ4v) is 4.36. The molecule has 0 fully saturated rings. The van der Waals surface area contributed by atoms with E-state index in [0.29, 0.717) is 29.6 Å². The first-order chi connectivity index (χ1) is 16.1. The van der Waals surface area contributed by atoms with Crippen molar-refractivity contribution in [2.24, 2.45) is 0 Å². The summed E-state index contributed by atoms with van der Waals surface area (Å²) in [6.07, 6.45) is 1.79. The van der Waals surface area contributed by atoms with Crippen LogP contribution in [0.3, 0.4) is 0 Å². The lowest BCUT2D eigenvalue weighted by atomic mass is 10.1. The van der Waals surface area contributed by atoms with Crippen molar-refractivity contribution >= 4 is 39.1 Å². The van der Waals surface area contributed by atoms with E-state index in [1.54, 1.807) is 55.5 Å². The Hall–Kier alpha value is -2.78. The number of hydrogen-bond acceptors (Lipinski definition) is 5. The van der Waals surface area contributed by atoms with Gasteiger partial charge in [-0.05, 0) is 62.2 Å². The van der Waals surface area contributed by atoms with Crippen molar-refractivity contribution in [1.29, 1.82) is 0 Å². The molecule has 0 spiro atoms. The van der Waals surface area contributed by atoms with Crippen molar-refractivity contribution in [3.05, 3.63) is 59.1 Å². The summed E-state index contributed by atoms with van der Waals surface area (Å²) in [5, 5.41) is 3.29. The number of benzene rings is 2. The highest BCUT2D eigenvalue weighted by molar-refractivity contribution is 7.92. The van der Waals surface area contributed by atoms with Gasteiger partial charge >= 0.3 is 0 Å². The average Bonchev–Trinajstić information content (AvgIpc) is 2.79. The van der Waals surface area contributed by atoms with Gasteiger partial charge in [-0.3, -0.25) is 13.9 Å². The highest BCUT2D eigenvalue weighted by Gasteiger charge is 2.30. The second-order valence-corrected chi connectivity index (χ2v) is 10.2. The summed E-state index contributed by atoms with van der Waals surface area (Å²) in [6.45, 7) is 5.99. The smallest absolute Gasteiger partial charge is 0.244 e. The van der Waals surface area contributed by atoms with Gasteiger partial charge in [0.1, 0.15) is 18.3 Å². The molecular weight excluding hydrogens is 478 g/mol. The highest BCUT2D eigenvalue weighted by atomic mass is 35.5. The Morgan fingerprint density at radius 2 is 1.79 bits per heavy atom. The Balaban J connectivity index is 2.35. The quantitative estimate of drug-likeness (QED) is 0.472. The molecule has 8 nitrogen and oxygen atoms in total. The molecule has 0 bridgehead atoms. The minimum absolute atomic E-state index is 0.0982. The van der Waals surface area contributed by atoms with Crippen LogP contribution in [-0.2, 0) is 26.2 Å². The molecule has 186 valence electrons. The minimum Gasteiger partial charge on any atom is -0.494 e. The van der Waals surface area contributed by atoms with E-state index in [1.165, 1.54) is 4.90 Å². The second kappa shape index (κ2) is 12.6. The largest absolute Gasteiger partial charge is 0.494 e. The van der Waals surface area contributed by atoms with Gasteiger partial charge in [-0.25, -0.2) is 8.42 Å². The van der Waals surface area contributed by atoms with Gasteiger partial charge in [0.25, 0.3) is 0 Å². The molecule has 10 heteroatoms. The number of anilines is 1. The van der Waals surface area contributed by atoms with Gasteiger partial charge in [-0.15, -0.1) is 0 Å². The van der Waals surface area contributed by atoms with Gasteiger partial charge in [0.05, 0.1) is 18.6 Å². The van der Waals surface area contributed by atoms with Crippen molar-refractivity contribution in [2.75, 3.05) is 30.3 Å². The van der Waals surface area contributed by atoms with Crippen LogP contribution < -0.4 is 14.4 Å². The van der Waals surface area contributed by atoms with Gasteiger partial charge < -0.3 is 15.0 Å². The van der Waals surface area contributed by atoms with Gasteiger partial charge in [0.15, 0.2) is 0 Å². The predicted octanol–water partition coefficient (Wildman–Crippen LogP) is 3.45. The maximum absolute atomic E-state index is 13.4. The molecule has 0 aliphatic heterocycles. The number of halogens is 1. The molecule has 1 N–H and O–H groups in total. The van der Waals surface area contributed by atoms with Crippen molar-refractivity contribution in [3.8, 4) is 5.75 Å². The predicted molar refractivity (Wildman–Crippen MR) is 135 cm³/mol. The number of sulfonamides is 1. The van der Waals surface area contributed by atoms with Crippen LogP contribution in [0.15, 0.2) is 48.5 Å². The zero-order chi connectivity index (χ0) is 25.3. The maximum Gasteiger partial charge on any atom is 0.244 e. The molecule has 0 radical (unpaired) electrons. The van der Waals surface area contributed by atoms with Crippen molar-refractivity contribution in [2.45, 2.75) is 39.8 Å². The van der Waals surface area contributed by atoms with Crippen LogP contribution in [0.5, 0.6) is 5.75 Å². The number of carbonyl (C=O) groups is 2. The number of nitrogens with zero attached hydrogens (tertiary/aromatic N) is 2. The first kappa shape index (κ1) is 27.5. The average molecular weight is 510 g/mol. The second-order valence-electron chi connectivity index (χ2n) is 7.82. The summed E-state index contributed by atoms with van der Waals surface area (Å²) in [7, 11) is -3.79. The van der Waals surface area contributed by atoms with Gasteiger partial charge in [-0.1, -0.05) is 30.7 Å². The maximum atomic E-state index is 13.4. The van der Waals surface area contributed by atoms with E-state index in [2.05, 4.69) is 5.32 Å². The molecule has 2 amide bonds. The lowest BCUT2D eigenvalue weighted by molar-refractivity contribution is -0.139. The molecule has 0 aliphatic carbocycles. The van der Waals surface area contributed by atoms with E-state index < -0.39 is 28.5 Å². The lowest BCUT2D eigenvalue weighted by Gasteiger charge is -2.31. The number of hydrogen-bond donors (Lipinski definition) is 1. The van der Waals surface area contributed by atoms with Crippen LogP contribution in [0.25, 0.3) is 0 Å². The number of amides is 2. The van der Waals surface area contributed by atoms with E-state index in [-0.39, 0.29) is 12.5 Å². The molecule has 0 saturated heterocycles. The van der Waals surface area contributed by atoms with E-state index in [1.807, 2.05) is 13.8 Å². The summed E-state index contributed by atoms with van der Waals surface area (Å²) < 4.78 is 31.6. The van der Waals surface area contributed by atoms with Crippen LogP contribution in [-0.4, -0.2) is 57.1 Å². The van der Waals surface area contributed by atoms with Crippen molar-refractivity contribution in [1.82, 2.24) is 10.2 Å². The number of carbonyl (C=O) groups excluding carboxylic acids is 2. The molecule has 2 rings (SSSR count). The normalized spacial score (nSPS) is 12.0. The molecule has 0 saturated carbocycles. The van der Waals surface area contributed by atoms with Crippen LogP contribution in [0.2, 0.25) is 5.02 Å². The van der Waals surface area contributed by atoms with Crippen LogP contribution in [0.4, 0.5) is 5.69 Å². The topological polar surface area (TPSA) is 96.0 Å². The van der Waals surface area contributed by atoms with Gasteiger partial charge in [0, 0.05) is 18.1 Å². The number of rotatable bonds is 12. The zero-order valence-electron chi connectivity index (χ0n) is 20.0. The summed E-state index contributed by atoms with van der Waals surface area (Å²) in [6, 6.07) is 12.6. The molecule has 2 aromatic carbocycles. The monoisotopic (exact) mass is 509 g/mol. The van der Waals surface area contributed by atoms with E-state index in [4.69, 9.17) is 16.3 Å². The van der Waals surface area contributed by atoms with E-state index in [0.717, 1.165) is 22.5 Å². The number of nitrogens with one attached hydrogen (secondary N) is 1. The Labute approximate surface area is 206 Å².